The quantitative estimate of drug-likeness (QED) is 0.365. The molecule has 0 atom stereocenters. The van der Waals surface area contributed by atoms with Crippen molar-refractivity contribution in [3.63, 3.8) is 0 Å². The van der Waals surface area contributed by atoms with Crippen LogP contribution in [0.25, 0.3) is 0 Å². The summed E-state index contributed by atoms with van der Waals surface area (Å²) in [5.41, 5.74) is 0. The fourth-order valence-corrected chi connectivity index (χ4v) is 1.68. The molecule has 1 rings (SSSR count). The fraction of sp³-hybridized carbons (Fsp3) is 1.00. The van der Waals surface area contributed by atoms with Crippen molar-refractivity contribution < 1.29 is 0 Å². The van der Waals surface area contributed by atoms with E-state index in [4.69, 9.17) is 69.6 Å². The molecule has 0 N–H and O–H groups in total. The number of nitrogens with zero attached hydrogens (tertiary/aromatic N) is 1. The molecule has 11 heavy (non-hydrogen) atoms. The first-order chi connectivity index (χ1) is 4.71. The van der Waals surface area contributed by atoms with E-state index in [1.807, 2.05) is 0 Å². The van der Waals surface area contributed by atoms with Crippen LogP contribution in [0.4, 0.5) is 0 Å². The van der Waals surface area contributed by atoms with E-state index in [0.29, 0.717) is 0 Å². The zero-order valence-corrected chi connectivity index (χ0v) is 9.33. The summed E-state index contributed by atoms with van der Waals surface area (Å²) in [5, 5.41) is 0. The molecule has 0 spiro atoms. The first-order valence-electron chi connectivity index (χ1n) is 2.40. The van der Waals surface area contributed by atoms with Gasteiger partial charge in [0.2, 0.25) is 0 Å². The first kappa shape index (κ1) is 10.7. The molecule has 0 radical (unpaired) electrons. The van der Waals surface area contributed by atoms with E-state index in [-0.39, 0.29) is 0 Å². The molecule has 0 aliphatic carbocycles. The molecule has 0 aromatic heterocycles. The zero-order valence-electron chi connectivity index (χ0n) is 4.79. The average Bonchev–Trinajstić information content (AvgIpc) is 1.93. The van der Waals surface area contributed by atoms with Crippen LogP contribution in [-0.2, 0) is 0 Å². The topological polar surface area (TPSA) is 12.4 Å². The van der Waals surface area contributed by atoms with Crippen LogP contribution in [0.1, 0.15) is 0 Å². The summed E-state index contributed by atoms with van der Waals surface area (Å²) >= 11 is 33.7. The van der Waals surface area contributed by atoms with Crippen LogP contribution in [0, 0.1) is 0 Å². The summed E-state index contributed by atoms with van der Waals surface area (Å²) < 4.78 is -4.98. The second-order valence-corrected chi connectivity index (χ2v) is 6.00. The van der Waals surface area contributed by atoms with Gasteiger partial charge in [-0.25, -0.2) is 0 Å². The van der Waals surface area contributed by atoms with Gasteiger partial charge in [0.05, 0.1) is 0 Å². The summed E-state index contributed by atoms with van der Waals surface area (Å²) in [4.78, 5) is 3.55. The zero-order chi connectivity index (χ0) is 8.91. The van der Waals surface area contributed by atoms with E-state index in [9.17, 15) is 0 Å². The van der Waals surface area contributed by atoms with Gasteiger partial charge in [-0.2, -0.15) is 0 Å². The summed E-state index contributed by atoms with van der Waals surface area (Å²) in [6.45, 7) is 0. The van der Waals surface area contributed by atoms with E-state index in [2.05, 4.69) is 4.90 Å². The normalized spacial score (nSPS) is 30.0. The van der Waals surface area contributed by atoms with E-state index in [0.717, 1.165) is 7.07 Å². The SMILES string of the molecule is ClC1(Cl)B=NC(Cl)(Cl)C1(Cl)Cl. The van der Waals surface area contributed by atoms with Crippen molar-refractivity contribution in [2.75, 3.05) is 0 Å². The molecule has 1 aliphatic heterocycles. The Kier molecular flexibility index (Phi) is 2.72. The third-order valence-electron chi connectivity index (χ3n) is 1.19. The second kappa shape index (κ2) is 2.80. The Morgan fingerprint density at radius 1 is 0.909 bits per heavy atom. The fourth-order valence-electron chi connectivity index (χ4n) is 0.525. The van der Waals surface area contributed by atoms with Crippen molar-refractivity contribution in [3.8, 4) is 0 Å². The Hall–Kier alpha value is 1.60. The third-order valence-corrected chi connectivity index (χ3v) is 4.63. The molecule has 0 aromatic carbocycles. The van der Waals surface area contributed by atoms with Crippen LogP contribution in [-0.4, -0.2) is 20.1 Å². The van der Waals surface area contributed by atoms with E-state index in [1.54, 1.807) is 0 Å². The molecule has 0 amide bonds. The summed E-state index contributed by atoms with van der Waals surface area (Å²) in [6, 6.07) is 0. The predicted octanol–water partition coefficient (Wildman–Crippen LogP) is 3.32. The average molecular weight is 274 g/mol. The summed E-state index contributed by atoms with van der Waals surface area (Å²) in [5.74, 6) is 0. The van der Waals surface area contributed by atoms with Gasteiger partial charge in [0.15, 0.2) is 0 Å². The van der Waals surface area contributed by atoms with Gasteiger partial charge < -0.3 is 0 Å². The van der Waals surface area contributed by atoms with Crippen molar-refractivity contribution >= 4 is 76.7 Å². The minimum absolute atomic E-state index is 1.11. The minimum atomic E-state index is -1.73. The Balaban J connectivity index is 3.09. The third kappa shape index (κ3) is 1.51. The van der Waals surface area contributed by atoms with Crippen molar-refractivity contribution in [1.82, 2.24) is 0 Å². The molecule has 1 aliphatic rings. The molecule has 1 heterocycles. The molecule has 8 heteroatoms. The van der Waals surface area contributed by atoms with Crippen molar-refractivity contribution in [2.45, 2.75) is 13.0 Å². The Morgan fingerprint density at radius 2 is 1.36 bits per heavy atom. The molecular weight excluding hydrogens is 274 g/mol. The molecule has 0 saturated carbocycles. The molecule has 0 unspecified atom stereocenters. The number of alkyl halides is 6. The Labute approximate surface area is 94.2 Å². The molecule has 62 valence electrons. The van der Waals surface area contributed by atoms with E-state index >= 15 is 0 Å². The van der Waals surface area contributed by atoms with Crippen LogP contribution in [0.15, 0.2) is 4.90 Å². The number of halogens is 6. The maximum absolute atomic E-state index is 5.66. The summed E-state index contributed by atoms with van der Waals surface area (Å²) in [6.07, 6.45) is 0. The van der Waals surface area contributed by atoms with Crippen LogP contribution in [0.5, 0.6) is 0 Å². The van der Waals surface area contributed by atoms with Gasteiger partial charge in [0, 0.05) is 0 Å². The molecule has 0 aromatic rings. The maximum atomic E-state index is 5.66. The Bertz CT molecular complexity index is 190. The molecule has 0 bridgehead atoms. The van der Waals surface area contributed by atoms with E-state index in [1.165, 1.54) is 0 Å². The summed E-state index contributed by atoms with van der Waals surface area (Å²) in [7, 11) is 1.11. The van der Waals surface area contributed by atoms with Crippen LogP contribution >= 0.6 is 69.6 Å². The Morgan fingerprint density at radius 3 is 1.45 bits per heavy atom. The van der Waals surface area contributed by atoms with Gasteiger partial charge in [-0.1, -0.05) is 0 Å². The monoisotopic (exact) mass is 271 g/mol. The van der Waals surface area contributed by atoms with Gasteiger partial charge in [0.1, 0.15) is 0 Å². The molecule has 0 saturated heterocycles. The first-order valence-corrected chi connectivity index (χ1v) is 4.67. The predicted molar refractivity (Wildman–Crippen MR) is 51.5 cm³/mol. The van der Waals surface area contributed by atoms with Gasteiger partial charge in [-0.3, -0.25) is 0 Å². The van der Waals surface area contributed by atoms with Gasteiger partial charge in [-0.05, 0) is 0 Å². The molecule has 1 nitrogen and oxygen atoms in total. The molecular formula is C3BCl6N. The van der Waals surface area contributed by atoms with Gasteiger partial charge >= 0.3 is 94.6 Å². The number of rotatable bonds is 0. The van der Waals surface area contributed by atoms with Crippen LogP contribution < -0.4 is 0 Å². The van der Waals surface area contributed by atoms with Crippen molar-refractivity contribution in [1.29, 1.82) is 0 Å². The number of hydrogen-bond acceptors (Lipinski definition) is 1. The van der Waals surface area contributed by atoms with E-state index < -0.39 is 13.0 Å². The van der Waals surface area contributed by atoms with Crippen molar-refractivity contribution in [3.05, 3.63) is 0 Å². The standard InChI is InChI=1S/C3BCl6N/c5-1(6)2(7,8)4-11-3(1,9)10. The van der Waals surface area contributed by atoms with Crippen LogP contribution in [0.2, 0.25) is 0 Å². The number of hydrogen-bond donors (Lipinski definition) is 0. The van der Waals surface area contributed by atoms with Gasteiger partial charge in [-0.15, -0.1) is 0 Å². The second-order valence-electron chi connectivity index (χ2n) is 2.00. The van der Waals surface area contributed by atoms with Crippen molar-refractivity contribution in [2.24, 2.45) is 4.90 Å². The van der Waals surface area contributed by atoms with Gasteiger partial charge in [0.25, 0.3) is 0 Å². The molecule has 0 fully saturated rings. The van der Waals surface area contributed by atoms with Crippen LogP contribution in [0.3, 0.4) is 0 Å².